The maximum atomic E-state index is 13.5. The van der Waals surface area contributed by atoms with Crippen LogP contribution in [0.1, 0.15) is 33.2 Å². The van der Waals surface area contributed by atoms with Crippen molar-refractivity contribution in [1.29, 1.82) is 0 Å². The summed E-state index contributed by atoms with van der Waals surface area (Å²) < 4.78 is 16.3. The number of nitrogens with two attached hydrogens (primary N) is 1. The lowest BCUT2D eigenvalue weighted by atomic mass is 10.1. The molecule has 11 nitrogen and oxygen atoms in total. The van der Waals surface area contributed by atoms with Crippen molar-refractivity contribution < 1.29 is 33.4 Å². The standard InChI is InChI=1S/C35H34N4O7S/c1-21(33(41)38-27-13-9-8-12-26(27)32(36)40)47-25-16-14-24(15-17-25)37-35(43)28(39-34(42)23-10-6-5-7-11-23)18-22-19-29(44-2)31(46-4)30(20-22)45-3/h5-21H,1-4H3,(H2,36,40)(H,37,43)(H,38,41)(H,39,42)/b28-18-. The Bertz CT molecular complexity index is 1770. The summed E-state index contributed by atoms with van der Waals surface area (Å²) in [7, 11) is 4.45. The van der Waals surface area contributed by atoms with Crippen molar-refractivity contribution in [2.75, 3.05) is 32.0 Å². The maximum Gasteiger partial charge on any atom is 0.272 e. The van der Waals surface area contributed by atoms with Gasteiger partial charge in [-0.05, 0) is 79.2 Å². The van der Waals surface area contributed by atoms with E-state index in [0.29, 0.717) is 39.8 Å². The summed E-state index contributed by atoms with van der Waals surface area (Å²) in [4.78, 5) is 51.9. The first-order valence-electron chi connectivity index (χ1n) is 14.3. The highest BCUT2D eigenvalue weighted by molar-refractivity contribution is 8.00. The average molecular weight is 655 g/mol. The number of rotatable bonds is 13. The van der Waals surface area contributed by atoms with Gasteiger partial charge in [0.1, 0.15) is 5.70 Å². The van der Waals surface area contributed by atoms with E-state index in [9.17, 15) is 19.2 Å². The third-order valence-electron chi connectivity index (χ3n) is 6.77. The summed E-state index contributed by atoms with van der Waals surface area (Å²) in [6, 6.07) is 25.2. The molecule has 4 aromatic carbocycles. The molecule has 0 radical (unpaired) electrons. The molecule has 4 rings (SSSR count). The monoisotopic (exact) mass is 654 g/mol. The molecular formula is C35H34N4O7S. The first-order chi connectivity index (χ1) is 22.6. The lowest BCUT2D eigenvalue weighted by Crippen LogP contribution is -2.30. The van der Waals surface area contributed by atoms with Crippen molar-refractivity contribution in [3.8, 4) is 17.2 Å². The molecule has 5 N–H and O–H groups in total. The molecule has 0 saturated carbocycles. The molecule has 12 heteroatoms. The molecular weight excluding hydrogens is 620 g/mol. The van der Waals surface area contributed by atoms with Gasteiger partial charge < -0.3 is 35.9 Å². The minimum Gasteiger partial charge on any atom is -0.493 e. The molecule has 0 aromatic heterocycles. The van der Waals surface area contributed by atoms with Gasteiger partial charge in [0.15, 0.2) is 11.5 Å². The second-order valence-corrected chi connectivity index (χ2v) is 11.4. The van der Waals surface area contributed by atoms with Crippen molar-refractivity contribution >= 4 is 52.8 Å². The van der Waals surface area contributed by atoms with Crippen LogP contribution in [-0.4, -0.2) is 50.2 Å². The van der Waals surface area contributed by atoms with E-state index in [0.717, 1.165) is 4.90 Å². The number of amides is 4. The van der Waals surface area contributed by atoms with E-state index in [-0.39, 0.29) is 17.2 Å². The second-order valence-electron chi connectivity index (χ2n) is 9.97. The molecule has 1 atom stereocenters. The number of para-hydroxylation sites is 1. The van der Waals surface area contributed by atoms with Crippen molar-refractivity contribution in [3.05, 3.63) is 113 Å². The number of thioether (sulfide) groups is 1. The number of benzene rings is 4. The predicted octanol–water partition coefficient (Wildman–Crippen LogP) is 5.34. The third kappa shape index (κ3) is 8.92. The number of nitrogens with one attached hydrogen (secondary N) is 3. The van der Waals surface area contributed by atoms with Crippen LogP contribution in [-0.2, 0) is 9.59 Å². The van der Waals surface area contributed by atoms with Crippen LogP contribution in [0.3, 0.4) is 0 Å². The van der Waals surface area contributed by atoms with Gasteiger partial charge in [0.2, 0.25) is 11.7 Å². The van der Waals surface area contributed by atoms with Crippen LogP contribution in [0.25, 0.3) is 6.08 Å². The Morgan fingerprint density at radius 3 is 2.00 bits per heavy atom. The molecule has 0 spiro atoms. The average Bonchev–Trinajstić information content (AvgIpc) is 3.08. The molecule has 0 fully saturated rings. The summed E-state index contributed by atoms with van der Waals surface area (Å²) >= 11 is 1.29. The van der Waals surface area contributed by atoms with E-state index in [4.69, 9.17) is 19.9 Å². The highest BCUT2D eigenvalue weighted by atomic mass is 32.2. The number of hydrogen-bond acceptors (Lipinski definition) is 8. The smallest absolute Gasteiger partial charge is 0.272 e. The Morgan fingerprint density at radius 2 is 1.40 bits per heavy atom. The molecule has 0 aliphatic carbocycles. The fraction of sp³-hybridized carbons (Fsp3) is 0.143. The van der Waals surface area contributed by atoms with E-state index in [1.807, 2.05) is 0 Å². The SMILES string of the molecule is COc1cc(/C=C(\NC(=O)c2ccccc2)C(=O)Nc2ccc(SC(C)C(=O)Nc3ccccc3C(N)=O)cc2)cc(OC)c1OC. The highest BCUT2D eigenvalue weighted by Gasteiger charge is 2.19. The molecule has 47 heavy (non-hydrogen) atoms. The van der Waals surface area contributed by atoms with Gasteiger partial charge in [-0.15, -0.1) is 11.8 Å². The fourth-order valence-electron chi connectivity index (χ4n) is 4.41. The third-order valence-corrected chi connectivity index (χ3v) is 7.88. The van der Waals surface area contributed by atoms with E-state index in [1.54, 1.807) is 97.9 Å². The molecule has 0 saturated heterocycles. The summed E-state index contributed by atoms with van der Waals surface area (Å²) in [6.45, 7) is 1.73. The van der Waals surface area contributed by atoms with Crippen LogP contribution in [0, 0.1) is 0 Å². The van der Waals surface area contributed by atoms with Gasteiger partial charge in [0.05, 0.1) is 37.8 Å². The zero-order chi connectivity index (χ0) is 33.9. The second kappa shape index (κ2) is 16.0. The molecule has 0 aliphatic heterocycles. The first-order valence-corrected chi connectivity index (χ1v) is 15.2. The van der Waals surface area contributed by atoms with Crippen LogP contribution in [0.15, 0.2) is 102 Å². The molecule has 4 amide bonds. The molecule has 242 valence electrons. The molecule has 0 bridgehead atoms. The topological polar surface area (TPSA) is 158 Å². The van der Waals surface area contributed by atoms with Crippen LogP contribution in [0.2, 0.25) is 0 Å². The van der Waals surface area contributed by atoms with Crippen LogP contribution in [0.5, 0.6) is 17.2 Å². The Hall–Kier alpha value is -5.75. The largest absolute Gasteiger partial charge is 0.493 e. The van der Waals surface area contributed by atoms with Gasteiger partial charge >= 0.3 is 0 Å². The van der Waals surface area contributed by atoms with Gasteiger partial charge in [-0.3, -0.25) is 19.2 Å². The zero-order valence-electron chi connectivity index (χ0n) is 26.2. The molecule has 0 heterocycles. The number of hydrogen-bond donors (Lipinski definition) is 4. The highest BCUT2D eigenvalue weighted by Crippen LogP contribution is 2.38. The van der Waals surface area contributed by atoms with E-state index < -0.39 is 23.0 Å². The van der Waals surface area contributed by atoms with Gasteiger partial charge in [0.25, 0.3) is 17.7 Å². The number of ether oxygens (including phenoxy) is 3. The quantitative estimate of drug-likeness (QED) is 0.111. The van der Waals surface area contributed by atoms with E-state index in [2.05, 4.69) is 16.0 Å². The normalized spacial score (nSPS) is 11.5. The summed E-state index contributed by atoms with van der Waals surface area (Å²) in [5.74, 6) is -0.870. The predicted molar refractivity (Wildman–Crippen MR) is 182 cm³/mol. The van der Waals surface area contributed by atoms with Crippen molar-refractivity contribution in [2.24, 2.45) is 5.73 Å². The minimum absolute atomic E-state index is 0.0342. The van der Waals surface area contributed by atoms with Crippen molar-refractivity contribution in [3.63, 3.8) is 0 Å². The van der Waals surface area contributed by atoms with E-state index in [1.165, 1.54) is 39.2 Å². The molecule has 0 aliphatic rings. The Morgan fingerprint density at radius 1 is 0.787 bits per heavy atom. The van der Waals surface area contributed by atoms with Crippen molar-refractivity contribution in [2.45, 2.75) is 17.1 Å². The zero-order valence-corrected chi connectivity index (χ0v) is 27.0. The van der Waals surface area contributed by atoms with Gasteiger partial charge in [-0.1, -0.05) is 30.3 Å². The van der Waals surface area contributed by atoms with Crippen LogP contribution in [0.4, 0.5) is 11.4 Å². The minimum atomic E-state index is -0.639. The lowest BCUT2D eigenvalue weighted by molar-refractivity contribution is -0.115. The molecule has 4 aromatic rings. The van der Waals surface area contributed by atoms with Crippen LogP contribution < -0.4 is 35.9 Å². The Kier molecular flexibility index (Phi) is 11.6. The Balaban J connectivity index is 1.52. The number of carbonyl (C=O) groups is 4. The fourth-order valence-corrected chi connectivity index (χ4v) is 5.28. The van der Waals surface area contributed by atoms with Gasteiger partial charge in [0, 0.05) is 16.1 Å². The first kappa shape index (κ1) is 34.1. The van der Waals surface area contributed by atoms with E-state index >= 15 is 0 Å². The molecule has 1 unspecified atom stereocenters. The number of carbonyl (C=O) groups excluding carboxylic acids is 4. The summed E-state index contributed by atoms with van der Waals surface area (Å²) in [5, 5.41) is 7.75. The van der Waals surface area contributed by atoms with Crippen molar-refractivity contribution in [1.82, 2.24) is 5.32 Å². The van der Waals surface area contributed by atoms with Gasteiger partial charge in [-0.2, -0.15) is 0 Å². The maximum absolute atomic E-state index is 13.5. The number of anilines is 2. The van der Waals surface area contributed by atoms with Gasteiger partial charge in [-0.25, -0.2) is 0 Å². The number of methoxy groups -OCH3 is 3. The summed E-state index contributed by atoms with van der Waals surface area (Å²) in [6.07, 6.45) is 1.50. The summed E-state index contributed by atoms with van der Waals surface area (Å²) in [5.41, 5.74) is 7.27. The van der Waals surface area contributed by atoms with Crippen LogP contribution >= 0.6 is 11.8 Å². The lowest BCUT2D eigenvalue weighted by Gasteiger charge is -2.15. The Labute approximate surface area is 276 Å². The number of primary amides is 1.